The number of Topliss-reactive ketones (excluding diaryl/α,β-unsaturated/α-hetero) is 1. The lowest BCUT2D eigenvalue weighted by Gasteiger charge is -2.41. The third-order valence-corrected chi connectivity index (χ3v) is 4.60. The maximum atomic E-state index is 11.4. The van der Waals surface area contributed by atoms with E-state index < -0.39 is 0 Å². The molecule has 0 heterocycles. The molecular formula is C12H20O2. The fourth-order valence-electron chi connectivity index (χ4n) is 3.65. The predicted octanol–water partition coefficient (Wildman–Crippen LogP) is 2.15. The van der Waals surface area contributed by atoms with E-state index in [4.69, 9.17) is 0 Å². The molecule has 1 N–H and O–H groups in total. The van der Waals surface area contributed by atoms with Gasteiger partial charge in [-0.3, -0.25) is 4.79 Å². The molecule has 2 fully saturated rings. The molecule has 0 bridgehead atoms. The molecular weight excluding hydrogens is 176 g/mol. The molecule has 2 rings (SSSR count). The van der Waals surface area contributed by atoms with Gasteiger partial charge in [-0.2, -0.15) is 0 Å². The molecule has 0 spiro atoms. The van der Waals surface area contributed by atoms with Crippen LogP contribution in [-0.4, -0.2) is 17.0 Å². The van der Waals surface area contributed by atoms with Crippen molar-refractivity contribution in [3.05, 3.63) is 0 Å². The van der Waals surface area contributed by atoms with E-state index >= 15 is 0 Å². The summed E-state index contributed by atoms with van der Waals surface area (Å²) in [5, 5.41) is 9.74. The standard InChI is InChI=1S/C12H20O2/c1-8(13)11-4-3-9-7-10(14)5-6-12(9,11)2/h8-9,11,13H,3-7H2,1-2H3/t8-,9-,11?,12?/m0/s1. The van der Waals surface area contributed by atoms with E-state index in [0.29, 0.717) is 17.6 Å². The van der Waals surface area contributed by atoms with Crippen LogP contribution in [0.4, 0.5) is 0 Å². The van der Waals surface area contributed by atoms with Crippen LogP contribution in [0.2, 0.25) is 0 Å². The molecule has 0 saturated heterocycles. The summed E-state index contributed by atoms with van der Waals surface area (Å²) in [5.41, 5.74) is 0.238. The van der Waals surface area contributed by atoms with E-state index in [1.807, 2.05) is 6.92 Å². The van der Waals surface area contributed by atoms with Gasteiger partial charge in [-0.15, -0.1) is 0 Å². The third-order valence-electron chi connectivity index (χ3n) is 4.60. The Kier molecular flexibility index (Phi) is 2.42. The van der Waals surface area contributed by atoms with Crippen LogP contribution in [0, 0.1) is 17.3 Å². The molecule has 0 aliphatic heterocycles. The lowest BCUT2D eigenvalue weighted by atomic mass is 9.64. The summed E-state index contributed by atoms with van der Waals surface area (Å²) in [6.07, 6.45) is 4.52. The van der Waals surface area contributed by atoms with Gasteiger partial charge in [0.05, 0.1) is 6.10 Å². The molecule has 2 aliphatic rings. The van der Waals surface area contributed by atoms with Crippen molar-refractivity contribution < 1.29 is 9.90 Å². The average Bonchev–Trinajstić information content (AvgIpc) is 2.43. The number of aliphatic hydroxyl groups is 1. The first kappa shape index (κ1) is 10.2. The molecule has 14 heavy (non-hydrogen) atoms. The van der Waals surface area contributed by atoms with E-state index in [1.54, 1.807) is 0 Å². The third kappa shape index (κ3) is 1.40. The first-order valence-corrected chi connectivity index (χ1v) is 5.74. The van der Waals surface area contributed by atoms with E-state index in [1.165, 1.54) is 0 Å². The van der Waals surface area contributed by atoms with Gasteiger partial charge in [-0.25, -0.2) is 0 Å². The number of ketones is 1. The van der Waals surface area contributed by atoms with Crippen LogP contribution in [0.25, 0.3) is 0 Å². The van der Waals surface area contributed by atoms with Crippen molar-refractivity contribution in [2.75, 3.05) is 0 Å². The van der Waals surface area contributed by atoms with Gasteiger partial charge in [-0.05, 0) is 43.4 Å². The quantitative estimate of drug-likeness (QED) is 0.697. The minimum atomic E-state index is -0.210. The Morgan fingerprint density at radius 3 is 2.86 bits per heavy atom. The molecule has 80 valence electrons. The number of carbonyl (C=O) groups is 1. The molecule has 2 nitrogen and oxygen atoms in total. The molecule has 0 aromatic heterocycles. The highest BCUT2D eigenvalue weighted by Gasteiger charge is 2.50. The minimum absolute atomic E-state index is 0.210. The fourth-order valence-corrected chi connectivity index (χ4v) is 3.65. The summed E-state index contributed by atoms with van der Waals surface area (Å²) in [5.74, 6) is 1.39. The Hall–Kier alpha value is -0.370. The van der Waals surface area contributed by atoms with Crippen molar-refractivity contribution in [3.63, 3.8) is 0 Å². The second-order valence-corrected chi connectivity index (χ2v) is 5.37. The van der Waals surface area contributed by atoms with Crippen molar-refractivity contribution in [2.24, 2.45) is 17.3 Å². The van der Waals surface area contributed by atoms with E-state index in [-0.39, 0.29) is 11.5 Å². The summed E-state index contributed by atoms with van der Waals surface area (Å²) >= 11 is 0. The summed E-state index contributed by atoms with van der Waals surface area (Å²) in [7, 11) is 0. The Morgan fingerprint density at radius 2 is 2.21 bits per heavy atom. The van der Waals surface area contributed by atoms with Gasteiger partial charge in [0.2, 0.25) is 0 Å². The number of hydrogen-bond acceptors (Lipinski definition) is 2. The summed E-state index contributed by atoms with van der Waals surface area (Å²) in [6, 6.07) is 0. The largest absolute Gasteiger partial charge is 0.393 e. The van der Waals surface area contributed by atoms with Gasteiger partial charge in [0.15, 0.2) is 0 Å². The summed E-state index contributed by atoms with van der Waals surface area (Å²) < 4.78 is 0. The second kappa shape index (κ2) is 3.34. The molecule has 0 amide bonds. The van der Waals surface area contributed by atoms with Gasteiger partial charge in [0.1, 0.15) is 5.78 Å². The highest BCUT2D eigenvalue weighted by atomic mass is 16.3. The number of hydrogen-bond donors (Lipinski definition) is 1. The van der Waals surface area contributed by atoms with Crippen molar-refractivity contribution >= 4 is 5.78 Å². The molecule has 0 aromatic rings. The van der Waals surface area contributed by atoms with Crippen LogP contribution >= 0.6 is 0 Å². The first-order chi connectivity index (χ1) is 6.54. The SMILES string of the molecule is C[C@H](O)C1CC[C@H]2CC(=O)CCC12C. The Labute approximate surface area is 85.7 Å². The van der Waals surface area contributed by atoms with Gasteiger partial charge in [0.25, 0.3) is 0 Å². The highest BCUT2D eigenvalue weighted by molar-refractivity contribution is 5.79. The van der Waals surface area contributed by atoms with E-state index in [0.717, 1.165) is 32.1 Å². The summed E-state index contributed by atoms with van der Waals surface area (Å²) in [4.78, 5) is 11.4. The Bertz CT molecular complexity index is 247. The number of carbonyl (C=O) groups excluding carboxylic acids is 1. The minimum Gasteiger partial charge on any atom is -0.393 e. The van der Waals surface area contributed by atoms with Crippen LogP contribution in [0.15, 0.2) is 0 Å². The molecule has 2 heteroatoms. The van der Waals surface area contributed by atoms with Crippen molar-refractivity contribution in [2.45, 2.75) is 52.1 Å². The topological polar surface area (TPSA) is 37.3 Å². The van der Waals surface area contributed by atoms with Crippen molar-refractivity contribution in [1.29, 1.82) is 0 Å². The predicted molar refractivity (Wildman–Crippen MR) is 54.9 cm³/mol. The molecule has 0 radical (unpaired) electrons. The second-order valence-electron chi connectivity index (χ2n) is 5.37. The number of aliphatic hydroxyl groups excluding tert-OH is 1. The first-order valence-electron chi connectivity index (χ1n) is 5.74. The van der Waals surface area contributed by atoms with Gasteiger partial charge < -0.3 is 5.11 Å². The van der Waals surface area contributed by atoms with Crippen LogP contribution in [0.1, 0.15) is 46.0 Å². The maximum absolute atomic E-state index is 11.4. The van der Waals surface area contributed by atoms with Gasteiger partial charge in [-0.1, -0.05) is 6.92 Å². The number of fused-ring (bicyclic) bond motifs is 1. The van der Waals surface area contributed by atoms with E-state index in [2.05, 4.69) is 6.92 Å². The van der Waals surface area contributed by atoms with Crippen LogP contribution in [0.3, 0.4) is 0 Å². The molecule has 2 saturated carbocycles. The summed E-state index contributed by atoms with van der Waals surface area (Å²) in [6.45, 7) is 4.17. The molecule has 2 unspecified atom stereocenters. The lowest BCUT2D eigenvalue weighted by molar-refractivity contribution is -0.125. The van der Waals surface area contributed by atoms with Crippen LogP contribution in [0.5, 0.6) is 0 Å². The average molecular weight is 196 g/mol. The Morgan fingerprint density at radius 1 is 1.50 bits per heavy atom. The molecule has 0 aromatic carbocycles. The lowest BCUT2D eigenvalue weighted by Crippen LogP contribution is -2.38. The highest BCUT2D eigenvalue weighted by Crippen LogP contribution is 2.55. The molecule has 4 atom stereocenters. The van der Waals surface area contributed by atoms with Gasteiger partial charge in [0, 0.05) is 12.8 Å². The van der Waals surface area contributed by atoms with Crippen LogP contribution in [-0.2, 0) is 4.79 Å². The smallest absolute Gasteiger partial charge is 0.133 e. The van der Waals surface area contributed by atoms with Crippen LogP contribution < -0.4 is 0 Å². The zero-order valence-electron chi connectivity index (χ0n) is 9.12. The van der Waals surface area contributed by atoms with Gasteiger partial charge >= 0.3 is 0 Å². The van der Waals surface area contributed by atoms with E-state index in [9.17, 15) is 9.90 Å². The Balaban J connectivity index is 2.18. The van der Waals surface area contributed by atoms with Crippen molar-refractivity contribution in [1.82, 2.24) is 0 Å². The maximum Gasteiger partial charge on any atom is 0.133 e. The number of rotatable bonds is 1. The molecule has 2 aliphatic carbocycles. The fraction of sp³-hybridized carbons (Fsp3) is 0.917. The monoisotopic (exact) mass is 196 g/mol. The zero-order valence-corrected chi connectivity index (χ0v) is 9.12. The van der Waals surface area contributed by atoms with Crippen molar-refractivity contribution in [3.8, 4) is 0 Å². The normalized spacial score (nSPS) is 44.9. The zero-order chi connectivity index (χ0) is 10.3.